The van der Waals surface area contributed by atoms with E-state index in [0.717, 1.165) is 61.8 Å². The van der Waals surface area contributed by atoms with Crippen LogP contribution in [0.2, 0.25) is 4.34 Å². The number of sulfonamides is 1. The van der Waals surface area contributed by atoms with Crippen molar-refractivity contribution >= 4 is 61.1 Å². The molecule has 1 aliphatic heterocycles. The van der Waals surface area contributed by atoms with E-state index in [1.165, 1.54) is 16.7 Å². The smallest absolute Gasteiger partial charge is 0.333 e. The van der Waals surface area contributed by atoms with E-state index in [1.807, 2.05) is 29.0 Å². The standard InChI is InChI=1S/C26H26ClN5O5S2/c27-23-7-8-24(38-23)39(35,36)30-26(34)29-19-1-4-21(5-2-19)32-11-9-18-17-20(3-6-22(18)25(32)33)28-10-12-31-13-15-37-16-14-31/h1-9,11,17,28H,10,12-16H2,(H2,29,30,34). The molecule has 13 heteroatoms. The summed E-state index contributed by atoms with van der Waals surface area (Å²) in [4.78, 5) is 27.8. The summed E-state index contributed by atoms with van der Waals surface area (Å²) < 4.78 is 33.7. The predicted octanol–water partition coefficient (Wildman–Crippen LogP) is 3.96. The number of nitrogens with one attached hydrogen (secondary N) is 3. The van der Waals surface area contributed by atoms with Crippen molar-refractivity contribution < 1.29 is 17.9 Å². The minimum Gasteiger partial charge on any atom is -0.384 e. The van der Waals surface area contributed by atoms with Crippen molar-refractivity contribution in [2.24, 2.45) is 0 Å². The second kappa shape index (κ2) is 11.8. The molecule has 0 bridgehead atoms. The number of hydrogen-bond acceptors (Lipinski definition) is 8. The molecule has 0 atom stereocenters. The molecule has 2 aromatic heterocycles. The second-order valence-electron chi connectivity index (χ2n) is 8.84. The van der Waals surface area contributed by atoms with Gasteiger partial charge in [-0.1, -0.05) is 11.6 Å². The molecule has 1 aliphatic rings. The van der Waals surface area contributed by atoms with E-state index in [0.29, 0.717) is 21.1 Å². The highest BCUT2D eigenvalue weighted by Gasteiger charge is 2.20. The van der Waals surface area contributed by atoms with Gasteiger partial charge in [-0.3, -0.25) is 14.3 Å². The number of ether oxygens (including phenoxy) is 1. The van der Waals surface area contributed by atoms with E-state index < -0.39 is 16.1 Å². The van der Waals surface area contributed by atoms with E-state index >= 15 is 0 Å². The number of amides is 2. The Morgan fingerprint density at radius 3 is 2.46 bits per heavy atom. The second-order valence-corrected chi connectivity index (χ2v) is 12.5. The number of benzene rings is 2. The van der Waals surface area contributed by atoms with Crippen molar-refractivity contribution in [3.8, 4) is 5.69 Å². The monoisotopic (exact) mass is 587 g/mol. The molecule has 0 unspecified atom stereocenters. The van der Waals surface area contributed by atoms with Gasteiger partial charge < -0.3 is 15.4 Å². The van der Waals surface area contributed by atoms with E-state index in [9.17, 15) is 18.0 Å². The molecule has 0 spiro atoms. The molecule has 4 aromatic rings. The summed E-state index contributed by atoms with van der Waals surface area (Å²) in [5, 5.41) is 7.31. The molecule has 5 rings (SSSR count). The fourth-order valence-electron chi connectivity index (χ4n) is 4.22. The number of thiophene rings is 1. The Hall–Kier alpha value is -3.42. The van der Waals surface area contributed by atoms with Gasteiger partial charge in [0.05, 0.1) is 17.6 Å². The Labute approximate surface area is 234 Å². The van der Waals surface area contributed by atoms with E-state index in [4.69, 9.17) is 16.3 Å². The maximum absolute atomic E-state index is 13.2. The molecule has 39 heavy (non-hydrogen) atoms. The van der Waals surface area contributed by atoms with Crippen molar-refractivity contribution in [1.82, 2.24) is 14.2 Å². The molecule has 3 N–H and O–H groups in total. The number of morpholine rings is 1. The summed E-state index contributed by atoms with van der Waals surface area (Å²) in [7, 11) is -4.03. The van der Waals surface area contributed by atoms with Gasteiger partial charge in [-0.05, 0) is 66.0 Å². The van der Waals surface area contributed by atoms with Crippen LogP contribution in [0.1, 0.15) is 0 Å². The van der Waals surface area contributed by atoms with Gasteiger partial charge in [0.15, 0.2) is 0 Å². The molecule has 3 heterocycles. The van der Waals surface area contributed by atoms with E-state index in [-0.39, 0.29) is 9.77 Å². The molecule has 0 saturated carbocycles. The first kappa shape index (κ1) is 27.2. The summed E-state index contributed by atoms with van der Waals surface area (Å²) in [6, 6.07) is 15.9. The SMILES string of the molecule is O=C(Nc1ccc(-n2ccc3cc(NCCN4CCOCC4)ccc3c2=O)cc1)NS(=O)(=O)c1ccc(Cl)s1. The van der Waals surface area contributed by atoms with Crippen LogP contribution in [0.15, 0.2) is 75.9 Å². The minimum absolute atomic E-state index is 0.0652. The molecule has 1 saturated heterocycles. The van der Waals surface area contributed by atoms with Crippen LogP contribution in [0.4, 0.5) is 16.2 Å². The summed E-state index contributed by atoms with van der Waals surface area (Å²) in [6.45, 7) is 5.15. The first-order valence-electron chi connectivity index (χ1n) is 12.2. The molecule has 0 aliphatic carbocycles. The van der Waals surface area contributed by atoms with Crippen molar-refractivity contribution in [1.29, 1.82) is 0 Å². The number of anilines is 2. The molecule has 2 aromatic carbocycles. The predicted molar refractivity (Wildman–Crippen MR) is 154 cm³/mol. The molecule has 0 radical (unpaired) electrons. The Kier molecular flexibility index (Phi) is 8.19. The Morgan fingerprint density at radius 2 is 1.74 bits per heavy atom. The lowest BCUT2D eigenvalue weighted by Gasteiger charge is -2.26. The van der Waals surface area contributed by atoms with Crippen molar-refractivity contribution in [2.75, 3.05) is 50.0 Å². The quantitative estimate of drug-likeness (QED) is 0.285. The number of carbonyl (C=O) groups is 1. The van der Waals surface area contributed by atoms with E-state index in [2.05, 4.69) is 15.5 Å². The third-order valence-corrected chi connectivity index (χ3v) is 9.26. The maximum atomic E-state index is 13.2. The van der Waals surface area contributed by atoms with E-state index in [1.54, 1.807) is 30.5 Å². The number of carbonyl (C=O) groups excluding carboxylic acids is 1. The van der Waals surface area contributed by atoms with Gasteiger partial charge in [0.2, 0.25) is 0 Å². The van der Waals surface area contributed by atoms with Crippen LogP contribution in [0, 0.1) is 0 Å². The van der Waals surface area contributed by atoms with Crippen molar-refractivity contribution in [3.05, 3.63) is 81.6 Å². The summed E-state index contributed by atoms with van der Waals surface area (Å²) in [6.07, 6.45) is 1.70. The zero-order valence-electron chi connectivity index (χ0n) is 20.7. The van der Waals surface area contributed by atoms with Crippen LogP contribution in [0.3, 0.4) is 0 Å². The summed E-state index contributed by atoms with van der Waals surface area (Å²) in [5.74, 6) is 0. The largest absolute Gasteiger partial charge is 0.384 e. The number of nitrogens with zero attached hydrogens (tertiary/aromatic N) is 2. The van der Waals surface area contributed by atoms with Crippen LogP contribution < -0.4 is 20.9 Å². The lowest BCUT2D eigenvalue weighted by atomic mass is 10.1. The van der Waals surface area contributed by atoms with Crippen molar-refractivity contribution in [3.63, 3.8) is 0 Å². The van der Waals surface area contributed by atoms with Gasteiger partial charge in [0.25, 0.3) is 15.6 Å². The zero-order chi connectivity index (χ0) is 27.4. The number of rotatable bonds is 8. The average Bonchev–Trinajstić information content (AvgIpc) is 3.37. The molecule has 1 fully saturated rings. The normalized spacial score (nSPS) is 14.3. The number of urea groups is 1. The fourth-order valence-corrected chi connectivity index (χ4v) is 6.61. The molecular formula is C26H26ClN5O5S2. The number of pyridine rings is 1. The van der Waals surface area contributed by atoms with Gasteiger partial charge in [0, 0.05) is 54.8 Å². The summed E-state index contributed by atoms with van der Waals surface area (Å²) >= 11 is 6.63. The van der Waals surface area contributed by atoms with Gasteiger partial charge in [-0.2, -0.15) is 0 Å². The van der Waals surface area contributed by atoms with Crippen LogP contribution in [0.5, 0.6) is 0 Å². The highest BCUT2D eigenvalue weighted by Crippen LogP contribution is 2.25. The van der Waals surface area contributed by atoms with Crippen LogP contribution in [-0.2, 0) is 14.8 Å². The van der Waals surface area contributed by atoms with Gasteiger partial charge in [0.1, 0.15) is 4.21 Å². The van der Waals surface area contributed by atoms with Crippen LogP contribution in [0.25, 0.3) is 16.5 Å². The lowest BCUT2D eigenvalue weighted by Crippen LogP contribution is -2.39. The maximum Gasteiger partial charge on any atom is 0.333 e. The number of fused-ring (bicyclic) bond motifs is 1. The third kappa shape index (κ3) is 6.60. The lowest BCUT2D eigenvalue weighted by molar-refractivity contribution is 0.0398. The highest BCUT2D eigenvalue weighted by molar-refractivity contribution is 7.92. The number of aromatic nitrogens is 1. The Morgan fingerprint density at radius 1 is 1.00 bits per heavy atom. The molecule has 10 nitrogen and oxygen atoms in total. The molecule has 204 valence electrons. The molecular weight excluding hydrogens is 562 g/mol. The van der Waals surface area contributed by atoms with Gasteiger partial charge in [-0.25, -0.2) is 17.9 Å². The number of halogens is 1. The first-order chi connectivity index (χ1) is 18.8. The fraction of sp³-hybridized carbons (Fsp3) is 0.231. The highest BCUT2D eigenvalue weighted by atomic mass is 35.5. The van der Waals surface area contributed by atoms with Crippen molar-refractivity contribution in [2.45, 2.75) is 4.21 Å². The molecule has 2 amide bonds. The summed E-state index contributed by atoms with van der Waals surface area (Å²) in [5.41, 5.74) is 1.73. The average molecular weight is 588 g/mol. The van der Waals surface area contributed by atoms with Gasteiger partial charge in [-0.15, -0.1) is 11.3 Å². The number of hydrogen-bond donors (Lipinski definition) is 3. The first-order valence-corrected chi connectivity index (χ1v) is 14.9. The topological polar surface area (TPSA) is 122 Å². The van der Waals surface area contributed by atoms with Crippen LogP contribution >= 0.6 is 22.9 Å². The third-order valence-electron chi connectivity index (χ3n) is 6.21. The minimum atomic E-state index is -4.03. The van der Waals surface area contributed by atoms with Gasteiger partial charge >= 0.3 is 6.03 Å². The Balaban J connectivity index is 1.23. The Bertz CT molecular complexity index is 1650. The zero-order valence-corrected chi connectivity index (χ0v) is 23.1. The van der Waals surface area contributed by atoms with Crippen LogP contribution in [-0.4, -0.2) is 63.3 Å².